The Hall–Kier alpha value is -4.14. The Morgan fingerprint density at radius 3 is 2.63 bits per heavy atom. The van der Waals surface area contributed by atoms with Gasteiger partial charge in [-0.05, 0) is 38.5 Å². The highest BCUT2D eigenvalue weighted by molar-refractivity contribution is 5.78. The number of aromatic nitrogens is 4. The topological polar surface area (TPSA) is 112 Å². The number of hydrogen-bond donors (Lipinski definition) is 1. The number of ether oxygens (including phenoxy) is 3. The van der Waals surface area contributed by atoms with Gasteiger partial charge in [0.05, 0.1) is 12.5 Å². The Morgan fingerprint density at radius 2 is 1.91 bits per heavy atom. The van der Waals surface area contributed by atoms with Gasteiger partial charge >= 0.3 is 5.97 Å². The Balaban J connectivity index is 1.31. The third-order valence-corrected chi connectivity index (χ3v) is 5.43. The van der Waals surface area contributed by atoms with E-state index >= 15 is 0 Å². The van der Waals surface area contributed by atoms with Gasteiger partial charge in [-0.25, -0.2) is 9.97 Å². The van der Waals surface area contributed by atoms with E-state index in [-0.39, 0.29) is 19.2 Å². The number of oxazole rings is 1. The molecule has 0 radical (unpaired) electrons. The average molecular weight is 477 g/mol. The number of pyridine rings is 1. The van der Waals surface area contributed by atoms with Gasteiger partial charge in [0.25, 0.3) is 0 Å². The molecule has 0 spiro atoms. The van der Waals surface area contributed by atoms with Gasteiger partial charge in [-0.1, -0.05) is 25.1 Å². The van der Waals surface area contributed by atoms with Crippen LogP contribution < -0.4 is 9.47 Å². The Labute approximate surface area is 203 Å². The predicted molar refractivity (Wildman–Crippen MR) is 128 cm³/mol. The maximum atomic E-state index is 12.7. The molecule has 9 heteroatoms. The van der Waals surface area contributed by atoms with Gasteiger partial charge in [0.15, 0.2) is 0 Å². The van der Waals surface area contributed by atoms with Crippen LogP contribution in [0.4, 0.5) is 0 Å². The molecule has 1 atom stereocenters. The van der Waals surface area contributed by atoms with Crippen molar-refractivity contribution in [2.75, 3.05) is 6.61 Å². The zero-order valence-corrected chi connectivity index (χ0v) is 20.0. The van der Waals surface area contributed by atoms with E-state index < -0.39 is 5.92 Å². The normalized spacial score (nSPS) is 11.7. The molecule has 0 bridgehead atoms. The van der Waals surface area contributed by atoms with E-state index in [0.29, 0.717) is 47.7 Å². The first kappa shape index (κ1) is 24.0. The number of benzene rings is 1. The van der Waals surface area contributed by atoms with E-state index in [4.69, 9.17) is 18.6 Å². The molecule has 0 saturated carbocycles. The Kier molecular flexibility index (Phi) is 7.77. The van der Waals surface area contributed by atoms with Crippen LogP contribution in [-0.2, 0) is 22.7 Å². The van der Waals surface area contributed by atoms with E-state index in [9.17, 15) is 4.79 Å². The first-order chi connectivity index (χ1) is 17.1. The minimum atomic E-state index is -0.461. The zero-order chi connectivity index (χ0) is 24.6. The number of aryl methyl sites for hydroxylation is 1. The lowest BCUT2D eigenvalue weighted by Gasteiger charge is -2.14. The van der Waals surface area contributed by atoms with E-state index in [1.165, 1.54) is 0 Å². The summed E-state index contributed by atoms with van der Waals surface area (Å²) in [6.07, 6.45) is 3.86. The van der Waals surface area contributed by atoms with Gasteiger partial charge in [-0.2, -0.15) is 0 Å². The summed E-state index contributed by atoms with van der Waals surface area (Å²) in [5, 5.41) is 6.81. The SMILES string of the molecule is CCOc1n[nH]cc1C(CC)C(=O)OCc1ccc(OCc2nc(-c3ccccc3)oc2C)nc1. The number of esters is 1. The summed E-state index contributed by atoms with van der Waals surface area (Å²) < 4.78 is 22.6. The second-order valence-electron chi connectivity index (χ2n) is 7.83. The van der Waals surface area contributed by atoms with Crippen molar-refractivity contribution in [3.63, 3.8) is 0 Å². The first-order valence-electron chi connectivity index (χ1n) is 11.5. The molecule has 1 N–H and O–H groups in total. The number of hydrogen-bond acceptors (Lipinski definition) is 8. The fourth-order valence-electron chi connectivity index (χ4n) is 3.55. The monoisotopic (exact) mass is 476 g/mol. The minimum Gasteiger partial charge on any atom is -0.477 e. The highest BCUT2D eigenvalue weighted by Gasteiger charge is 2.25. The quantitative estimate of drug-likeness (QED) is 0.302. The van der Waals surface area contributed by atoms with Crippen LogP contribution in [0.15, 0.2) is 59.3 Å². The molecule has 1 aromatic carbocycles. The summed E-state index contributed by atoms with van der Waals surface area (Å²) in [7, 11) is 0. The summed E-state index contributed by atoms with van der Waals surface area (Å²) in [6.45, 7) is 6.44. The number of nitrogens with one attached hydrogen (secondary N) is 1. The molecule has 0 fully saturated rings. The maximum absolute atomic E-state index is 12.7. The lowest BCUT2D eigenvalue weighted by atomic mass is 9.99. The molecule has 0 saturated heterocycles. The molecule has 0 aliphatic carbocycles. The number of H-pyrrole nitrogens is 1. The van der Waals surface area contributed by atoms with Crippen molar-refractivity contribution < 1.29 is 23.4 Å². The molecule has 0 aliphatic rings. The smallest absolute Gasteiger partial charge is 0.314 e. The van der Waals surface area contributed by atoms with Gasteiger partial charge in [0.2, 0.25) is 17.7 Å². The van der Waals surface area contributed by atoms with Crippen molar-refractivity contribution >= 4 is 5.97 Å². The molecule has 182 valence electrons. The summed E-state index contributed by atoms with van der Waals surface area (Å²) >= 11 is 0. The highest BCUT2D eigenvalue weighted by atomic mass is 16.5. The van der Waals surface area contributed by atoms with E-state index in [0.717, 1.165) is 11.1 Å². The van der Waals surface area contributed by atoms with Crippen LogP contribution in [0.3, 0.4) is 0 Å². The molecule has 4 aromatic rings. The average Bonchev–Trinajstić information content (AvgIpc) is 3.50. The Morgan fingerprint density at radius 1 is 1.09 bits per heavy atom. The van der Waals surface area contributed by atoms with Crippen molar-refractivity contribution in [2.24, 2.45) is 0 Å². The summed E-state index contributed by atoms with van der Waals surface area (Å²) in [6, 6.07) is 13.2. The van der Waals surface area contributed by atoms with E-state index in [1.807, 2.05) is 57.2 Å². The largest absolute Gasteiger partial charge is 0.477 e. The van der Waals surface area contributed by atoms with Crippen LogP contribution >= 0.6 is 0 Å². The van der Waals surface area contributed by atoms with Crippen LogP contribution in [0, 0.1) is 6.92 Å². The predicted octanol–water partition coefficient (Wildman–Crippen LogP) is 4.98. The molecule has 35 heavy (non-hydrogen) atoms. The van der Waals surface area contributed by atoms with Crippen LogP contribution in [-0.4, -0.2) is 32.7 Å². The van der Waals surface area contributed by atoms with Crippen molar-refractivity contribution in [3.05, 3.63) is 77.4 Å². The molecular weight excluding hydrogens is 448 g/mol. The maximum Gasteiger partial charge on any atom is 0.314 e. The van der Waals surface area contributed by atoms with E-state index in [2.05, 4.69) is 20.2 Å². The molecule has 3 heterocycles. The number of aromatic amines is 1. The van der Waals surface area contributed by atoms with Crippen LogP contribution in [0.2, 0.25) is 0 Å². The second kappa shape index (κ2) is 11.3. The fourth-order valence-corrected chi connectivity index (χ4v) is 3.55. The molecule has 9 nitrogen and oxygen atoms in total. The van der Waals surface area contributed by atoms with Crippen LogP contribution in [0.25, 0.3) is 11.5 Å². The second-order valence-corrected chi connectivity index (χ2v) is 7.83. The highest BCUT2D eigenvalue weighted by Crippen LogP contribution is 2.28. The van der Waals surface area contributed by atoms with Crippen LogP contribution in [0.1, 0.15) is 48.8 Å². The number of nitrogens with zero attached hydrogens (tertiary/aromatic N) is 3. The molecule has 4 rings (SSSR count). The van der Waals surface area contributed by atoms with Crippen LogP contribution in [0.5, 0.6) is 11.8 Å². The molecular formula is C26H28N4O5. The first-order valence-corrected chi connectivity index (χ1v) is 11.5. The van der Waals surface area contributed by atoms with Gasteiger partial charge in [0, 0.05) is 35.2 Å². The standard InChI is InChI=1S/C26H28N4O5/c1-4-20(21-14-28-30-25(21)32-5-2)26(31)34-15-18-11-12-23(27-13-18)33-16-22-17(3)35-24(29-22)19-9-7-6-8-10-19/h6-14,20H,4-5,15-16H2,1-3H3,(H,28,30). The van der Waals surface area contributed by atoms with Gasteiger partial charge in [0.1, 0.15) is 24.7 Å². The molecule has 0 amide bonds. The molecule has 3 aromatic heterocycles. The van der Waals surface area contributed by atoms with E-state index in [1.54, 1.807) is 18.5 Å². The summed E-state index contributed by atoms with van der Waals surface area (Å²) in [5.41, 5.74) is 3.06. The molecule has 0 aliphatic heterocycles. The number of carbonyl (C=O) groups excluding carboxylic acids is 1. The number of carbonyl (C=O) groups is 1. The zero-order valence-electron chi connectivity index (χ0n) is 20.0. The minimum absolute atomic E-state index is 0.104. The molecule has 1 unspecified atom stereocenters. The third-order valence-electron chi connectivity index (χ3n) is 5.43. The fraction of sp³-hybridized carbons (Fsp3) is 0.308. The summed E-state index contributed by atoms with van der Waals surface area (Å²) in [4.78, 5) is 21.5. The summed E-state index contributed by atoms with van der Waals surface area (Å²) in [5.74, 6) is 1.32. The van der Waals surface area contributed by atoms with Crippen molar-refractivity contribution in [1.29, 1.82) is 0 Å². The van der Waals surface area contributed by atoms with Crippen molar-refractivity contribution in [2.45, 2.75) is 46.3 Å². The van der Waals surface area contributed by atoms with Gasteiger partial charge in [-0.15, -0.1) is 5.10 Å². The van der Waals surface area contributed by atoms with Crippen molar-refractivity contribution in [1.82, 2.24) is 20.2 Å². The number of rotatable bonds is 11. The van der Waals surface area contributed by atoms with Crippen molar-refractivity contribution in [3.8, 4) is 23.2 Å². The lowest BCUT2D eigenvalue weighted by Crippen LogP contribution is -2.16. The lowest BCUT2D eigenvalue weighted by molar-refractivity contribution is -0.147. The van der Waals surface area contributed by atoms with Gasteiger partial charge in [-0.3, -0.25) is 9.89 Å². The van der Waals surface area contributed by atoms with Gasteiger partial charge < -0.3 is 18.6 Å². The Bertz CT molecular complexity index is 1230. The third kappa shape index (κ3) is 5.87.